The molecule has 1 aliphatic rings. The molecule has 1 saturated carbocycles. The summed E-state index contributed by atoms with van der Waals surface area (Å²) in [6.45, 7) is 0. The Morgan fingerprint density at radius 1 is 1.26 bits per heavy atom. The summed E-state index contributed by atoms with van der Waals surface area (Å²) in [6.07, 6.45) is 5.12. The Kier molecular flexibility index (Phi) is 3.68. The summed E-state index contributed by atoms with van der Waals surface area (Å²) in [4.78, 5) is 4.81. The van der Waals surface area contributed by atoms with Crippen molar-refractivity contribution in [1.82, 2.24) is 4.98 Å². The third kappa shape index (κ3) is 2.46. The van der Waals surface area contributed by atoms with E-state index in [4.69, 9.17) is 16.6 Å². The van der Waals surface area contributed by atoms with Crippen molar-refractivity contribution in [2.45, 2.75) is 31.6 Å². The van der Waals surface area contributed by atoms with Crippen LogP contribution in [-0.2, 0) is 0 Å². The molecule has 1 N–H and O–H groups in total. The standard InChI is InChI=1S/C15H16BrClN2/c1-18-14-8-13(9-4-2-3-5-9)19-15-11(14)6-10(16)7-12(15)17/h6-9H,2-5H2,1H3,(H,18,19). The second-order valence-corrected chi connectivity index (χ2v) is 6.43. The molecule has 0 spiro atoms. The summed E-state index contributed by atoms with van der Waals surface area (Å²) >= 11 is 9.84. The molecule has 19 heavy (non-hydrogen) atoms. The van der Waals surface area contributed by atoms with E-state index in [1.165, 1.54) is 31.4 Å². The van der Waals surface area contributed by atoms with Gasteiger partial charge in [-0.2, -0.15) is 0 Å². The zero-order valence-electron chi connectivity index (χ0n) is 10.8. The third-order valence-electron chi connectivity index (χ3n) is 3.89. The number of aromatic nitrogens is 1. The van der Waals surface area contributed by atoms with Crippen molar-refractivity contribution in [2.24, 2.45) is 0 Å². The number of anilines is 1. The second kappa shape index (κ2) is 5.29. The molecule has 4 heteroatoms. The lowest BCUT2D eigenvalue weighted by Gasteiger charge is -2.14. The maximum atomic E-state index is 6.35. The van der Waals surface area contributed by atoms with Crippen molar-refractivity contribution in [2.75, 3.05) is 12.4 Å². The highest BCUT2D eigenvalue weighted by Crippen LogP contribution is 2.38. The lowest BCUT2D eigenvalue weighted by Crippen LogP contribution is -2.00. The first-order valence-corrected chi connectivity index (χ1v) is 7.83. The molecule has 0 bridgehead atoms. The fraction of sp³-hybridized carbons (Fsp3) is 0.400. The lowest BCUT2D eigenvalue weighted by atomic mass is 10.0. The Balaban J connectivity index is 2.21. The minimum atomic E-state index is 0.594. The largest absolute Gasteiger partial charge is 0.388 e. The van der Waals surface area contributed by atoms with E-state index < -0.39 is 0 Å². The number of hydrogen-bond donors (Lipinski definition) is 1. The lowest BCUT2D eigenvalue weighted by molar-refractivity contribution is 0.701. The van der Waals surface area contributed by atoms with Gasteiger partial charge < -0.3 is 5.32 Å². The molecular weight excluding hydrogens is 324 g/mol. The highest BCUT2D eigenvalue weighted by Gasteiger charge is 2.20. The predicted octanol–water partition coefficient (Wildman–Crippen LogP) is 5.35. The number of benzene rings is 1. The van der Waals surface area contributed by atoms with Crippen molar-refractivity contribution >= 4 is 44.1 Å². The van der Waals surface area contributed by atoms with Crippen molar-refractivity contribution in [3.8, 4) is 0 Å². The molecule has 0 unspecified atom stereocenters. The summed E-state index contributed by atoms with van der Waals surface area (Å²) < 4.78 is 0.983. The molecule has 0 amide bonds. The van der Waals surface area contributed by atoms with Gasteiger partial charge in [0.25, 0.3) is 0 Å². The van der Waals surface area contributed by atoms with E-state index in [1.807, 2.05) is 13.1 Å². The van der Waals surface area contributed by atoms with E-state index in [2.05, 4.69) is 33.4 Å². The van der Waals surface area contributed by atoms with Crippen LogP contribution in [-0.4, -0.2) is 12.0 Å². The van der Waals surface area contributed by atoms with E-state index in [0.29, 0.717) is 10.9 Å². The molecule has 0 saturated heterocycles. The maximum absolute atomic E-state index is 6.35. The van der Waals surface area contributed by atoms with E-state index in [1.54, 1.807) is 0 Å². The number of halogens is 2. The van der Waals surface area contributed by atoms with E-state index >= 15 is 0 Å². The molecule has 0 atom stereocenters. The van der Waals surface area contributed by atoms with Gasteiger partial charge in [-0.1, -0.05) is 40.4 Å². The Morgan fingerprint density at radius 3 is 2.68 bits per heavy atom. The molecule has 1 aliphatic carbocycles. The van der Waals surface area contributed by atoms with Gasteiger partial charge in [-0.15, -0.1) is 0 Å². The van der Waals surface area contributed by atoms with Gasteiger partial charge in [-0.05, 0) is 31.0 Å². The molecule has 3 rings (SSSR count). The van der Waals surface area contributed by atoms with E-state index in [-0.39, 0.29) is 0 Å². The second-order valence-electron chi connectivity index (χ2n) is 5.11. The smallest absolute Gasteiger partial charge is 0.0913 e. The molecule has 0 radical (unpaired) electrons. The number of nitrogens with one attached hydrogen (secondary N) is 1. The van der Waals surface area contributed by atoms with Crippen LogP contribution in [0.2, 0.25) is 5.02 Å². The van der Waals surface area contributed by atoms with Crippen LogP contribution in [0.4, 0.5) is 5.69 Å². The van der Waals surface area contributed by atoms with Crippen molar-refractivity contribution < 1.29 is 0 Å². The first-order chi connectivity index (χ1) is 9.19. The first kappa shape index (κ1) is 13.2. The molecule has 2 nitrogen and oxygen atoms in total. The minimum absolute atomic E-state index is 0.594. The average molecular weight is 340 g/mol. The van der Waals surface area contributed by atoms with E-state index in [9.17, 15) is 0 Å². The van der Waals surface area contributed by atoms with Crippen LogP contribution in [0.1, 0.15) is 37.3 Å². The number of fused-ring (bicyclic) bond motifs is 1. The Morgan fingerprint density at radius 2 is 2.00 bits per heavy atom. The van der Waals surface area contributed by atoms with Gasteiger partial charge >= 0.3 is 0 Å². The highest BCUT2D eigenvalue weighted by atomic mass is 79.9. The molecule has 1 aromatic carbocycles. The zero-order chi connectivity index (χ0) is 13.4. The summed E-state index contributed by atoms with van der Waals surface area (Å²) in [5.74, 6) is 0.594. The number of rotatable bonds is 2. The quantitative estimate of drug-likeness (QED) is 0.797. The Labute approximate surface area is 126 Å². The first-order valence-electron chi connectivity index (χ1n) is 6.66. The van der Waals surface area contributed by atoms with Gasteiger partial charge in [0.15, 0.2) is 0 Å². The number of hydrogen-bond acceptors (Lipinski definition) is 2. The predicted molar refractivity (Wildman–Crippen MR) is 85.2 cm³/mol. The van der Waals surface area contributed by atoms with Crippen LogP contribution in [0.15, 0.2) is 22.7 Å². The van der Waals surface area contributed by atoms with Crippen LogP contribution >= 0.6 is 27.5 Å². The van der Waals surface area contributed by atoms with Gasteiger partial charge in [0, 0.05) is 34.2 Å². The van der Waals surface area contributed by atoms with Crippen LogP contribution in [0, 0.1) is 0 Å². The Hall–Kier alpha value is -0.800. The average Bonchev–Trinajstić information content (AvgIpc) is 2.91. The van der Waals surface area contributed by atoms with Gasteiger partial charge in [-0.25, -0.2) is 0 Å². The fourth-order valence-electron chi connectivity index (χ4n) is 2.91. The summed E-state index contributed by atoms with van der Waals surface area (Å²) in [7, 11) is 1.95. The van der Waals surface area contributed by atoms with E-state index in [0.717, 1.165) is 21.1 Å². The van der Waals surface area contributed by atoms with Gasteiger partial charge in [0.2, 0.25) is 0 Å². The third-order valence-corrected chi connectivity index (χ3v) is 4.64. The molecule has 1 aromatic heterocycles. The monoisotopic (exact) mass is 338 g/mol. The Bertz CT molecular complexity index is 621. The molecule has 1 heterocycles. The number of nitrogens with zero attached hydrogens (tertiary/aromatic N) is 1. The summed E-state index contributed by atoms with van der Waals surface area (Å²) in [5, 5.41) is 5.05. The van der Waals surface area contributed by atoms with Crippen molar-refractivity contribution in [3.63, 3.8) is 0 Å². The maximum Gasteiger partial charge on any atom is 0.0913 e. The molecular formula is C15H16BrClN2. The number of pyridine rings is 1. The molecule has 1 fully saturated rings. The molecule has 0 aliphatic heterocycles. The minimum Gasteiger partial charge on any atom is -0.388 e. The van der Waals surface area contributed by atoms with Crippen LogP contribution in [0.3, 0.4) is 0 Å². The van der Waals surface area contributed by atoms with Gasteiger partial charge in [-0.3, -0.25) is 4.98 Å². The van der Waals surface area contributed by atoms with Crippen molar-refractivity contribution in [1.29, 1.82) is 0 Å². The molecule has 100 valence electrons. The fourth-order valence-corrected chi connectivity index (χ4v) is 3.76. The normalized spacial score (nSPS) is 16.2. The molecule has 2 aromatic rings. The summed E-state index contributed by atoms with van der Waals surface area (Å²) in [6, 6.07) is 6.16. The van der Waals surface area contributed by atoms with Crippen LogP contribution in [0.5, 0.6) is 0 Å². The van der Waals surface area contributed by atoms with Gasteiger partial charge in [0.1, 0.15) is 0 Å². The zero-order valence-corrected chi connectivity index (χ0v) is 13.2. The van der Waals surface area contributed by atoms with Crippen LogP contribution in [0.25, 0.3) is 10.9 Å². The summed E-state index contributed by atoms with van der Waals surface area (Å²) in [5.41, 5.74) is 3.19. The SMILES string of the molecule is CNc1cc(C2CCCC2)nc2c(Cl)cc(Br)cc12. The topological polar surface area (TPSA) is 24.9 Å². The van der Waals surface area contributed by atoms with Crippen molar-refractivity contribution in [3.05, 3.63) is 33.4 Å². The van der Waals surface area contributed by atoms with Crippen LogP contribution < -0.4 is 5.32 Å². The van der Waals surface area contributed by atoms with Gasteiger partial charge in [0.05, 0.1) is 10.5 Å². The highest BCUT2D eigenvalue weighted by molar-refractivity contribution is 9.10.